The normalized spacial score (nSPS) is 15.7. The Morgan fingerprint density at radius 3 is 2.37 bits per heavy atom. The summed E-state index contributed by atoms with van der Waals surface area (Å²) in [6, 6.07) is 7.76. The monoisotopic (exact) mass is 269 g/mol. The van der Waals surface area contributed by atoms with Crippen molar-refractivity contribution >= 4 is 14.8 Å². The minimum atomic E-state index is -1.27. The second-order valence-corrected chi connectivity index (χ2v) is 11.4. The second-order valence-electron chi connectivity index (χ2n) is 6.34. The summed E-state index contributed by atoms with van der Waals surface area (Å²) in [6.07, 6.45) is 6.67. The molecule has 1 aliphatic heterocycles. The van der Waals surface area contributed by atoms with Gasteiger partial charge in [-0.2, -0.15) is 0 Å². The molecule has 1 aromatic carbocycles. The van der Waals surface area contributed by atoms with Gasteiger partial charge in [0.15, 0.2) is 0 Å². The Hall–Kier alpha value is -1.54. The Morgan fingerprint density at radius 1 is 1.16 bits per heavy atom. The standard InChI is InChI=1S/C17H23NSi/c1-13-7-9-16(14(2)11-13)17-10-8-15(12-18(17)3)19(4,5)6/h7-12H,3H2,1-2,4-6H3. The highest BCUT2D eigenvalue weighted by Gasteiger charge is 2.24. The molecule has 0 radical (unpaired) electrons. The molecular weight excluding hydrogens is 246 g/mol. The van der Waals surface area contributed by atoms with Crippen molar-refractivity contribution in [1.29, 1.82) is 0 Å². The molecule has 2 rings (SSSR count). The van der Waals surface area contributed by atoms with E-state index in [0.717, 1.165) is 0 Å². The lowest BCUT2D eigenvalue weighted by molar-refractivity contribution is -0.418. The maximum absolute atomic E-state index is 4.17. The maximum atomic E-state index is 4.17. The first kappa shape index (κ1) is 13.9. The molecule has 100 valence electrons. The summed E-state index contributed by atoms with van der Waals surface area (Å²) in [5, 5.41) is 1.44. The predicted molar refractivity (Wildman–Crippen MR) is 86.2 cm³/mol. The van der Waals surface area contributed by atoms with Crippen molar-refractivity contribution in [2.45, 2.75) is 33.5 Å². The summed E-state index contributed by atoms with van der Waals surface area (Å²) in [5.41, 5.74) is 3.87. The highest BCUT2D eigenvalue weighted by molar-refractivity contribution is 6.83. The van der Waals surface area contributed by atoms with Crippen LogP contribution in [0.4, 0.5) is 0 Å². The minimum Gasteiger partial charge on any atom is -0.255 e. The first-order chi connectivity index (χ1) is 8.79. The van der Waals surface area contributed by atoms with Crippen molar-refractivity contribution in [3.8, 4) is 0 Å². The summed E-state index contributed by atoms with van der Waals surface area (Å²) in [4.78, 5) is 0. The quantitative estimate of drug-likeness (QED) is 0.429. The molecule has 0 fully saturated rings. The lowest BCUT2D eigenvalue weighted by Crippen LogP contribution is -2.27. The lowest BCUT2D eigenvalue weighted by Gasteiger charge is -2.26. The predicted octanol–water partition coefficient (Wildman–Crippen LogP) is 4.23. The number of hydrogen-bond donors (Lipinski definition) is 0. The number of allylic oxidation sites excluding steroid dienone is 2. The molecule has 0 spiro atoms. The van der Waals surface area contributed by atoms with Crippen LogP contribution in [0.5, 0.6) is 0 Å². The largest absolute Gasteiger partial charge is 0.255 e. The van der Waals surface area contributed by atoms with Crippen LogP contribution in [-0.2, 0) is 0 Å². The van der Waals surface area contributed by atoms with Crippen LogP contribution in [0.15, 0.2) is 41.7 Å². The molecule has 1 heterocycles. The van der Waals surface area contributed by atoms with E-state index >= 15 is 0 Å². The zero-order valence-corrected chi connectivity index (χ0v) is 13.6. The Morgan fingerprint density at radius 2 is 1.84 bits per heavy atom. The molecule has 0 N–H and O–H groups in total. The highest BCUT2D eigenvalue weighted by atomic mass is 28.3. The van der Waals surface area contributed by atoms with Gasteiger partial charge in [-0.05, 0) is 18.6 Å². The van der Waals surface area contributed by atoms with E-state index < -0.39 is 8.07 Å². The van der Waals surface area contributed by atoms with E-state index in [2.05, 4.69) is 76.8 Å². The van der Waals surface area contributed by atoms with Gasteiger partial charge >= 0.3 is 0 Å². The summed E-state index contributed by atoms with van der Waals surface area (Å²) in [7, 11) is -1.27. The molecule has 0 saturated heterocycles. The average Bonchev–Trinajstić information content (AvgIpc) is 2.28. The summed E-state index contributed by atoms with van der Waals surface area (Å²) in [5.74, 6) is 0. The Kier molecular flexibility index (Phi) is 3.55. The van der Waals surface area contributed by atoms with Crippen LogP contribution in [-0.4, -0.2) is 19.4 Å². The molecule has 0 saturated carbocycles. The van der Waals surface area contributed by atoms with Crippen LogP contribution < -0.4 is 0 Å². The van der Waals surface area contributed by atoms with Gasteiger partial charge in [-0.25, -0.2) is 0 Å². The van der Waals surface area contributed by atoms with Crippen molar-refractivity contribution in [3.05, 3.63) is 64.5 Å². The van der Waals surface area contributed by atoms with Crippen LogP contribution in [0.2, 0.25) is 19.6 Å². The molecule has 0 amide bonds. The van der Waals surface area contributed by atoms with Crippen molar-refractivity contribution in [3.63, 3.8) is 0 Å². The molecule has 2 heteroatoms. The Labute approximate surface area is 118 Å². The SMILES string of the molecule is C=[N+]1C=C([Si](C)(C)C)C=C[C-]1c1ccc(C)cc1C. The van der Waals surface area contributed by atoms with Gasteiger partial charge in [-0.15, -0.1) is 12.1 Å². The van der Waals surface area contributed by atoms with Gasteiger partial charge in [0, 0.05) is 0 Å². The third-order valence-corrected chi connectivity index (χ3v) is 5.58. The van der Waals surface area contributed by atoms with Gasteiger partial charge in [-0.3, -0.25) is 4.58 Å². The zero-order chi connectivity index (χ0) is 14.2. The molecule has 19 heavy (non-hydrogen) atoms. The van der Waals surface area contributed by atoms with Gasteiger partial charge in [0.25, 0.3) is 0 Å². The summed E-state index contributed by atoms with van der Waals surface area (Å²) in [6.45, 7) is 15.5. The number of rotatable bonds is 2. The van der Waals surface area contributed by atoms with E-state index in [9.17, 15) is 0 Å². The van der Waals surface area contributed by atoms with E-state index in [-0.39, 0.29) is 0 Å². The summed E-state index contributed by atoms with van der Waals surface area (Å²) >= 11 is 0. The summed E-state index contributed by atoms with van der Waals surface area (Å²) < 4.78 is 2.02. The van der Waals surface area contributed by atoms with Crippen LogP contribution in [0, 0.1) is 19.9 Å². The molecule has 0 aliphatic carbocycles. The minimum absolute atomic E-state index is 1.18. The second kappa shape index (κ2) is 4.86. The van der Waals surface area contributed by atoms with E-state index in [1.165, 1.54) is 27.9 Å². The molecule has 0 unspecified atom stereocenters. The van der Waals surface area contributed by atoms with Crippen LogP contribution in [0.3, 0.4) is 0 Å². The zero-order valence-electron chi connectivity index (χ0n) is 12.6. The Bertz CT molecular complexity index is 573. The number of nitrogens with zero attached hydrogens (tertiary/aromatic N) is 1. The van der Waals surface area contributed by atoms with Gasteiger partial charge in [0.2, 0.25) is 0 Å². The van der Waals surface area contributed by atoms with E-state index in [1.807, 2.05) is 4.58 Å². The number of hydrogen-bond acceptors (Lipinski definition) is 0. The topological polar surface area (TPSA) is 3.01 Å². The van der Waals surface area contributed by atoms with E-state index in [4.69, 9.17) is 0 Å². The van der Waals surface area contributed by atoms with E-state index in [1.54, 1.807) is 0 Å². The van der Waals surface area contributed by atoms with Gasteiger partial charge < -0.3 is 0 Å². The van der Waals surface area contributed by atoms with Gasteiger partial charge in [0.05, 0.1) is 14.8 Å². The third kappa shape index (κ3) is 2.90. The van der Waals surface area contributed by atoms with Crippen molar-refractivity contribution in [1.82, 2.24) is 0 Å². The van der Waals surface area contributed by atoms with Crippen molar-refractivity contribution < 1.29 is 4.58 Å². The fourth-order valence-corrected chi connectivity index (χ4v) is 3.46. The molecule has 1 aliphatic rings. The fourth-order valence-electron chi connectivity index (χ4n) is 2.33. The van der Waals surface area contributed by atoms with Crippen LogP contribution in [0.25, 0.3) is 0 Å². The van der Waals surface area contributed by atoms with Gasteiger partial charge in [-0.1, -0.05) is 55.0 Å². The van der Waals surface area contributed by atoms with E-state index in [0.29, 0.717) is 0 Å². The van der Waals surface area contributed by atoms with Crippen molar-refractivity contribution in [2.24, 2.45) is 0 Å². The number of benzene rings is 1. The number of aryl methyl sites for hydroxylation is 2. The Balaban J connectivity index is 2.34. The molecule has 1 nitrogen and oxygen atoms in total. The van der Waals surface area contributed by atoms with Crippen LogP contribution >= 0.6 is 0 Å². The smallest absolute Gasteiger partial charge is 0.147 e. The molecule has 0 atom stereocenters. The van der Waals surface area contributed by atoms with Crippen LogP contribution in [0.1, 0.15) is 16.7 Å². The molecule has 0 aromatic heterocycles. The molecule has 1 aromatic rings. The maximum Gasteiger partial charge on any atom is 0.147 e. The average molecular weight is 269 g/mol. The lowest BCUT2D eigenvalue weighted by atomic mass is 9.97. The molecule has 0 bridgehead atoms. The first-order valence-electron chi connectivity index (χ1n) is 6.74. The highest BCUT2D eigenvalue weighted by Crippen LogP contribution is 2.28. The fraction of sp³-hybridized carbons (Fsp3) is 0.294. The first-order valence-corrected chi connectivity index (χ1v) is 10.2. The molecular formula is C17H23NSi. The third-order valence-electron chi connectivity index (χ3n) is 3.55. The van der Waals surface area contributed by atoms with Gasteiger partial charge in [0.1, 0.15) is 12.2 Å². The van der Waals surface area contributed by atoms with Crippen molar-refractivity contribution in [2.75, 3.05) is 0 Å².